The van der Waals surface area contributed by atoms with E-state index < -0.39 is 10.0 Å². The van der Waals surface area contributed by atoms with Gasteiger partial charge < -0.3 is 5.32 Å². The lowest BCUT2D eigenvalue weighted by atomic mass is 10.0. The van der Waals surface area contributed by atoms with Gasteiger partial charge in [0.1, 0.15) is 0 Å². The Morgan fingerprint density at radius 1 is 1.14 bits per heavy atom. The summed E-state index contributed by atoms with van der Waals surface area (Å²) in [6.45, 7) is 7.94. The zero-order valence-corrected chi connectivity index (χ0v) is 17.5. The molecule has 156 valence electrons. The van der Waals surface area contributed by atoms with Gasteiger partial charge in [0.25, 0.3) is 0 Å². The number of carbonyl (C=O) groups is 1. The van der Waals surface area contributed by atoms with E-state index in [1.54, 1.807) is 49.4 Å². The zero-order chi connectivity index (χ0) is 21.3. The van der Waals surface area contributed by atoms with Gasteiger partial charge in [-0.25, -0.2) is 8.42 Å². The van der Waals surface area contributed by atoms with E-state index in [0.717, 1.165) is 11.1 Å². The van der Waals surface area contributed by atoms with E-state index in [1.165, 1.54) is 0 Å². The molecule has 8 heteroatoms. The van der Waals surface area contributed by atoms with Crippen molar-refractivity contribution >= 4 is 21.6 Å². The SMILES string of the molecule is C=C(C)NOCCNC(=O)Cc1cc(NS(=O)(=O)Cc2ccccc2)ccc1C. The summed E-state index contributed by atoms with van der Waals surface area (Å²) in [4.78, 5) is 17.3. The summed E-state index contributed by atoms with van der Waals surface area (Å²) in [7, 11) is -3.55. The predicted octanol–water partition coefficient (Wildman–Crippen LogP) is 2.65. The minimum Gasteiger partial charge on any atom is -0.353 e. The number of sulfonamides is 1. The number of benzene rings is 2. The van der Waals surface area contributed by atoms with Crippen LogP contribution >= 0.6 is 0 Å². The molecule has 0 bridgehead atoms. The number of aryl methyl sites for hydroxylation is 1. The summed E-state index contributed by atoms with van der Waals surface area (Å²) in [6.07, 6.45) is 0.147. The molecule has 3 N–H and O–H groups in total. The van der Waals surface area contributed by atoms with Crippen LogP contribution in [0.5, 0.6) is 0 Å². The van der Waals surface area contributed by atoms with Crippen LogP contribution in [0.2, 0.25) is 0 Å². The fourth-order valence-electron chi connectivity index (χ4n) is 2.59. The first kappa shape index (κ1) is 22.4. The Morgan fingerprint density at radius 2 is 1.86 bits per heavy atom. The van der Waals surface area contributed by atoms with Crippen LogP contribution in [0.25, 0.3) is 0 Å². The molecule has 0 spiro atoms. The zero-order valence-electron chi connectivity index (χ0n) is 16.7. The van der Waals surface area contributed by atoms with Crippen molar-refractivity contribution in [1.82, 2.24) is 10.8 Å². The molecule has 0 heterocycles. The second kappa shape index (κ2) is 10.6. The lowest BCUT2D eigenvalue weighted by Gasteiger charge is -2.12. The van der Waals surface area contributed by atoms with Gasteiger partial charge in [0.2, 0.25) is 15.9 Å². The largest absolute Gasteiger partial charge is 0.353 e. The number of nitrogens with one attached hydrogen (secondary N) is 3. The van der Waals surface area contributed by atoms with Crippen molar-refractivity contribution in [2.45, 2.75) is 26.0 Å². The van der Waals surface area contributed by atoms with Gasteiger partial charge in [0.15, 0.2) is 0 Å². The molecule has 0 aliphatic heterocycles. The second-order valence-electron chi connectivity index (χ2n) is 6.75. The average Bonchev–Trinajstić information content (AvgIpc) is 2.64. The van der Waals surface area contributed by atoms with E-state index >= 15 is 0 Å². The third-order valence-electron chi connectivity index (χ3n) is 3.95. The van der Waals surface area contributed by atoms with Gasteiger partial charge in [0, 0.05) is 17.9 Å². The third-order valence-corrected chi connectivity index (χ3v) is 5.21. The molecule has 0 unspecified atom stereocenters. The van der Waals surface area contributed by atoms with Crippen LogP contribution in [-0.2, 0) is 31.8 Å². The number of hydrogen-bond acceptors (Lipinski definition) is 5. The first-order chi connectivity index (χ1) is 13.7. The van der Waals surface area contributed by atoms with Gasteiger partial charge in [-0.2, -0.15) is 0 Å². The normalized spacial score (nSPS) is 11.0. The maximum Gasteiger partial charge on any atom is 0.236 e. The molecule has 0 radical (unpaired) electrons. The molecule has 0 atom stereocenters. The smallest absolute Gasteiger partial charge is 0.236 e. The maximum atomic E-state index is 12.4. The van der Waals surface area contributed by atoms with E-state index in [9.17, 15) is 13.2 Å². The van der Waals surface area contributed by atoms with Crippen LogP contribution in [-0.4, -0.2) is 27.5 Å². The van der Waals surface area contributed by atoms with Gasteiger partial charge in [-0.15, -0.1) is 0 Å². The molecule has 0 saturated heterocycles. The molecule has 7 nitrogen and oxygen atoms in total. The first-order valence-electron chi connectivity index (χ1n) is 9.19. The highest BCUT2D eigenvalue weighted by Gasteiger charge is 2.13. The van der Waals surface area contributed by atoms with Crippen molar-refractivity contribution in [3.63, 3.8) is 0 Å². The lowest BCUT2D eigenvalue weighted by molar-refractivity contribution is -0.120. The summed E-state index contributed by atoms with van der Waals surface area (Å²) >= 11 is 0. The molecule has 0 aliphatic rings. The summed E-state index contributed by atoms with van der Waals surface area (Å²) in [5, 5.41) is 2.76. The Bertz CT molecular complexity index is 944. The molecular weight excluding hydrogens is 390 g/mol. The third kappa shape index (κ3) is 8.37. The number of carbonyl (C=O) groups excluding carboxylic acids is 1. The van der Waals surface area contributed by atoms with E-state index in [1.807, 2.05) is 13.0 Å². The summed E-state index contributed by atoms with van der Waals surface area (Å²) in [5.74, 6) is -0.285. The highest BCUT2D eigenvalue weighted by atomic mass is 32.2. The number of allylic oxidation sites excluding steroid dienone is 1. The number of rotatable bonds is 11. The molecular formula is C21H27N3O4S. The van der Waals surface area contributed by atoms with Crippen LogP contribution in [0, 0.1) is 6.92 Å². The minimum absolute atomic E-state index is 0.115. The summed E-state index contributed by atoms with van der Waals surface area (Å²) in [5.41, 5.74) is 6.09. The number of hydrogen-bond donors (Lipinski definition) is 3. The van der Waals surface area contributed by atoms with Gasteiger partial charge in [-0.1, -0.05) is 43.0 Å². The Balaban J connectivity index is 1.93. The van der Waals surface area contributed by atoms with Gasteiger partial charge in [-0.05, 0) is 42.7 Å². The van der Waals surface area contributed by atoms with Crippen LogP contribution in [0.1, 0.15) is 23.6 Å². The Labute approximate surface area is 172 Å². The van der Waals surface area contributed by atoms with Crippen LogP contribution in [0.3, 0.4) is 0 Å². The van der Waals surface area contributed by atoms with Crippen molar-refractivity contribution in [1.29, 1.82) is 0 Å². The van der Waals surface area contributed by atoms with Crippen molar-refractivity contribution in [2.24, 2.45) is 0 Å². The molecule has 0 aliphatic carbocycles. The number of anilines is 1. The van der Waals surface area contributed by atoms with Crippen molar-refractivity contribution in [3.8, 4) is 0 Å². The Hall–Kier alpha value is -2.84. The standard InChI is InChI=1S/C21H27N3O4S/c1-16(2)23-28-12-11-22-21(25)14-19-13-20(10-9-17(19)3)24-29(26,27)15-18-7-5-4-6-8-18/h4-10,13,23-24H,1,11-12,14-15H2,2-3H3,(H,22,25). The summed E-state index contributed by atoms with van der Waals surface area (Å²) < 4.78 is 27.4. The Morgan fingerprint density at radius 3 is 2.55 bits per heavy atom. The highest BCUT2D eigenvalue weighted by molar-refractivity contribution is 7.91. The topological polar surface area (TPSA) is 96.5 Å². The minimum atomic E-state index is -3.55. The quantitative estimate of drug-likeness (QED) is 0.386. The number of hydroxylamine groups is 1. The number of amides is 1. The molecule has 2 aromatic rings. The molecule has 0 fully saturated rings. The monoisotopic (exact) mass is 417 g/mol. The van der Waals surface area contributed by atoms with Crippen LogP contribution in [0.15, 0.2) is 60.8 Å². The maximum absolute atomic E-state index is 12.4. The fourth-order valence-corrected chi connectivity index (χ4v) is 3.78. The van der Waals surface area contributed by atoms with Crippen molar-refractivity contribution in [2.75, 3.05) is 17.9 Å². The van der Waals surface area contributed by atoms with E-state index in [4.69, 9.17) is 4.84 Å². The van der Waals surface area contributed by atoms with Gasteiger partial charge >= 0.3 is 0 Å². The van der Waals surface area contributed by atoms with Gasteiger partial charge in [0.05, 0.1) is 18.8 Å². The van der Waals surface area contributed by atoms with E-state index in [2.05, 4.69) is 22.1 Å². The molecule has 0 aromatic heterocycles. The molecule has 2 aromatic carbocycles. The van der Waals surface area contributed by atoms with Crippen LogP contribution < -0.4 is 15.5 Å². The van der Waals surface area contributed by atoms with Gasteiger partial charge in [-0.3, -0.25) is 19.8 Å². The lowest BCUT2D eigenvalue weighted by Crippen LogP contribution is -2.30. The van der Waals surface area contributed by atoms with Crippen molar-refractivity contribution < 1.29 is 18.0 Å². The molecule has 29 heavy (non-hydrogen) atoms. The van der Waals surface area contributed by atoms with E-state index in [-0.39, 0.29) is 18.1 Å². The molecule has 2 rings (SSSR count). The van der Waals surface area contributed by atoms with E-state index in [0.29, 0.717) is 30.1 Å². The predicted molar refractivity (Wildman–Crippen MR) is 114 cm³/mol. The van der Waals surface area contributed by atoms with Crippen molar-refractivity contribution in [3.05, 3.63) is 77.5 Å². The first-order valence-corrected chi connectivity index (χ1v) is 10.8. The highest BCUT2D eigenvalue weighted by Crippen LogP contribution is 2.18. The van der Waals surface area contributed by atoms with Crippen LogP contribution in [0.4, 0.5) is 5.69 Å². The Kier molecular flexibility index (Phi) is 8.23. The fraction of sp³-hybridized carbons (Fsp3) is 0.286. The summed E-state index contributed by atoms with van der Waals surface area (Å²) in [6, 6.07) is 14.1. The second-order valence-corrected chi connectivity index (χ2v) is 8.47. The molecule has 1 amide bonds. The average molecular weight is 418 g/mol. The molecule has 0 saturated carbocycles.